The lowest BCUT2D eigenvalue weighted by molar-refractivity contribution is 0.513. The molecular weight excluding hydrogens is 208 g/mol. The van der Waals surface area contributed by atoms with E-state index in [0.717, 1.165) is 12.2 Å². The highest BCUT2D eigenvalue weighted by Gasteiger charge is 2.19. The highest BCUT2D eigenvalue weighted by atomic mass is 16.3. The van der Waals surface area contributed by atoms with E-state index in [9.17, 15) is 0 Å². The van der Waals surface area contributed by atoms with Gasteiger partial charge in [-0.05, 0) is 37.3 Å². The van der Waals surface area contributed by atoms with E-state index in [1.54, 1.807) is 0 Å². The first-order chi connectivity index (χ1) is 8.36. The molecule has 0 atom stereocenters. The molecule has 0 N–H and O–H groups in total. The molecule has 1 heterocycles. The van der Waals surface area contributed by atoms with E-state index in [-0.39, 0.29) is 0 Å². The molecule has 0 aliphatic heterocycles. The summed E-state index contributed by atoms with van der Waals surface area (Å²) in [6.45, 7) is 2.20. The molecule has 1 aliphatic rings. The predicted octanol–water partition coefficient (Wildman–Crippen LogP) is 4.52. The van der Waals surface area contributed by atoms with Crippen molar-refractivity contribution in [1.29, 1.82) is 0 Å². The van der Waals surface area contributed by atoms with E-state index in [1.165, 1.54) is 48.1 Å². The first-order valence-electron chi connectivity index (χ1n) is 6.53. The Bertz CT molecular complexity index is 508. The Hall–Kier alpha value is -1.50. The van der Waals surface area contributed by atoms with Crippen LogP contribution in [0.15, 0.2) is 34.7 Å². The van der Waals surface area contributed by atoms with Gasteiger partial charge in [-0.3, -0.25) is 0 Å². The molecule has 0 saturated heterocycles. The van der Waals surface area contributed by atoms with Crippen LogP contribution in [0.2, 0.25) is 0 Å². The number of furan rings is 1. The van der Waals surface area contributed by atoms with Crippen LogP contribution < -0.4 is 0 Å². The zero-order valence-electron chi connectivity index (χ0n) is 10.3. The molecule has 1 heteroatoms. The molecule has 0 saturated carbocycles. The summed E-state index contributed by atoms with van der Waals surface area (Å²) < 4.78 is 6.10. The van der Waals surface area contributed by atoms with Crippen LogP contribution >= 0.6 is 0 Å². The fourth-order valence-corrected chi connectivity index (χ4v) is 2.77. The Kier molecular flexibility index (Phi) is 2.76. The monoisotopic (exact) mass is 226 g/mol. The molecule has 2 aromatic rings. The lowest BCUT2D eigenvalue weighted by Gasteiger charge is -2.00. The second kappa shape index (κ2) is 4.40. The fourth-order valence-electron chi connectivity index (χ4n) is 2.77. The minimum atomic E-state index is 1.08. The number of hydrogen-bond donors (Lipinski definition) is 0. The molecular formula is C16H18O. The van der Waals surface area contributed by atoms with Crippen molar-refractivity contribution in [2.24, 2.45) is 0 Å². The summed E-state index contributed by atoms with van der Waals surface area (Å²) in [4.78, 5) is 0. The molecule has 0 bridgehead atoms. The van der Waals surface area contributed by atoms with Crippen molar-refractivity contribution in [3.63, 3.8) is 0 Å². The van der Waals surface area contributed by atoms with Crippen molar-refractivity contribution in [2.75, 3.05) is 0 Å². The summed E-state index contributed by atoms with van der Waals surface area (Å²) in [6.07, 6.45) is 6.22. The van der Waals surface area contributed by atoms with E-state index in [2.05, 4.69) is 31.2 Å². The molecule has 1 aromatic carbocycles. The van der Waals surface area contributed by atoms with Gasteiger partial charge < -0.3 is 4.42 Å². The Labute approximate surface area is 102 Å². The van der Waals surface area contributed by atoms with Gasteiger partial charge in [0.25, 0.3) is 0 Å². The molecule has 88 valence electrons. The van der Waals surface area contributed by atoms with Crippen LogP contribution in [0, 0.1) is 6.92 Å². The third-order valence-electron chi connectivity index (χ3n) is 3.72. The second-order valence-electron chi connectivity index (χ2n) is 4.88. The largest absolute Gasteiger partial charge is 0.461 e. The first-order valence-corrected chi connectivity index (χ1v) is 6.53. The van der Waals surface area contributed by atoms with Crippen LogP contribution in [0.25, 0.3) is 11.3 Å². The van der Waals surface area contributed by atoms with Gasteiger partial charge in [-0.1, -0.05) is 36.8 Å². The van der Waals surface area contributed by atoms with Gasteiger partial charge >= 0.3 is 0 Å². The smallest absolute Gasteiger partial charge is 0.137 e. The van der Waals surface area contributed by atoms with Crippen LogP contribution in [0.3, 0.4) is 0 Å². The van der Waals surface area contributed by atoms with Crippen LogP contribution in [-0.4, -0.2) is 0 Å². The SMILES string of the molecule is Cc1c(-c2ccccc2)oc2c1CCCCC2. The Morgan fingerprint density at radius 3 is 2.53 bits per heavy atom. The average molecular weight is 226 g/mol. The maximum atomic E-state index is 6.10. The molecule has 0 radical (unpaired) electrons. The quantitative estimate of drug-likeness (QED) is 0.651. The van der Waals surface area contributed by atoms with Crippen molar-refractivity contribution in [3.05, 3.63) is 47.2 Å². The summed E-state index contributed by atoms with van der Waals surface area (Å²) in [5.74, 6) is 2.32. The van der Waals surface area contributed by atoms with Crippen LogP contribution in [-0.2, 0) is 12.8 Å². The highest BCUT2D eigenvalue weighted by molar-refractivity contribution is 5.63. The zero-order chi connectivity index (χ0) is 11.7. The van der Waals surface area contributed by atoms with Gasteiger partial charge in [0.1, 0.15) is 11.5 Å². The standard InChI is InChI=1S/C16H18O/c1-12-14-10-6-3-7-11-15(14)17-16(12)13-8-4-2-5-9-13/h2,4-5,8-9H,3,6-7,10-11H2,1H3. The third kappa shape index (κ3) is 1.90. The molecule has 1 aliphatic carbocycles. The molecule has 0 spiro atoms. The molecule has 0 fully saturated rings. The molecule has 1 nitrogen and oxygen atoms in total. The number of fused-ring (bicyclic) bond motifs is 1. The van der Waals surface area contributed by atoms with E-state index < -0.39 is 0 Å². The fraction of sp³-hybridized carbons (Fsp3) is 0.375. The number of hydrogen-bond acceptors (Lipinski definition) is 1. The summed E-state index contributed by atoms with van der Waals surface area (Å²) in [5.41, 5.74) is 4.03. The second-order valence-corrected chi connectivity index (χ2v) is 4.88. The molecule has 0 amide bonds. The molecule has 17 heavy (non-hydrogen) atoms. The van der Waals surface area contributed by atoms with E-state index in [1.807, 2.05) is 6.07 Å². The minimum absolute atomic E-state index is 1.08. The average Bonchev–Trinajstić information content (AvgIpc) is 2.56. The van der Waals surface area contributed by atoms with Gasteiger partial charge in [-0.2, -0.15) is 0 Å². The zero-order valence-corrected chi connectivity index (χ0v) is 10.3. The van der Waals surface area contributed by atoms with Crippen molar-refractivity contribution in [2.45, 2.75) is 39.0 Å². The van der Waals surface area contributed by atoms with Gasteiger partial charge in [0.15, 0.2) is 0 Å². The van der Waals surface area contributed by atoms with E-state index >= 15 is 0 Å². The van der Waals surface area contributed by atoms with Crippen molar-refractivity contribution < 1.29 is 4.42 Å². The van der Waals surface area contributed by atoms with Crippen molar-refractivity contribution in [3.8, 4) is 11.3 Å². The van der Waals surface area contributed by atoms with Crippen LogP contribution in [0.5, 0.6) is 0 Å². The van der Waals surface area contributed by atoms with E-state index in [4.69, 9.17) is 4.42 Å². The number of rotatable bonds is 1. The lowest BCUT2D eigenvalue weighted by Crippen LogP contribution is -1.87. The molecule has 3 rings (SSSR count). The first kappa shape index (κ1) is 10.6. The lowest BCUT2D eigenvalue weighted by atomic mass is 10.0. The van der Waals surface area contributed by atoms with E-state index in [0.29, 0.717) is 0 Å². The summed E-state index contributed by atoms with van der Waals surface area (Å²) in [6, 6.07) is 10.5. The van der Waals surface area contributed by atoms with Gasteiger partial charge in [0, 0.05) is 12.0 Å². The highest BCUT2D eigenvalue weighted by Crippen LogP contribution is 2.34. The normalized spacial score (nSPS) is 15.4. The minimum Gasteiger partial charge on any atom is -0.461 e. The maximum Gasteiger partial charge on any atom is 0.137 e. The Balaban J connectivity index is 2.08. The number of aryl methyl sites for hydroxylation is 1. The van der Waals surface area contributed by atoms with Gasteiger partial charge in [0.05, 0.1) is 0 Å². The Morgan fingerprint density at radius 1 is 0.941 bits per heavy atom. The summed E-state index contributed by atoms with van der Waals surface area (Å²) >= 11 is 0. The van der Waals surface area contributed by atoms with Crippen molar-refractivity contribution >= 4 is 0 Å². The summed E-state index contributed by atoms with van der Waals surface area (Å²) in [5, 5.41) is 0. The topological polar surface area (TPSA) is 13.1 Å². The Morgan fingerprint density at radius 2 is 1.71 bits per heavy atom. The van der Waals surface area contributed by atoms with Gasteiger partial charge in [0.2, 0.25) is 0 Å². The summed E-state index contributed by atoms with van der Waals surface area (Å²) in [7, 11) is 0. The van der Waals surface area contributed by atoms with Gasteiger partial charge in [-0.15, -0.1) is 0 Å². The molecule has 1 aromatic heterocycles. The number of benzene rings is 1. The van der Waals surface area contributed by atoms with Gasteiger partial charge in [-0.25, -0.2) is 0 Å². The third-order valence-corrected chi connectivity index (χ3v) is 3.72. The predicted molar refractivity (Wildman–Crippen MR) is 70.1 cm³/mol. The molecule has 0 unspecified atom stereocenters. The van der Waals surface area contributed by atoms with Crippen molar-refractivity contribution in [1.82, 2.24) is 0 Å². The van der Waals surface area contributed by atoms with Crippen LogP contribution in [0.1, 0.15) is 36.1 Å². The maximum absolute atomic E-state index is 6.10. The van der Waals surface area contributed by atoms with Crippen LogP contribution in [0.4, 0.5) is 0 Å².